The van der Waals surface area contributed by atoms with Crippen LogP contribution in [0.1, 0.15) is 21.5 Å². The average Bonchev–Trinajstić information content (AvgIpc) is 3.25. The molecule has 0 fully saturated rings. The molecule has 2 aromatic carbocycles. The number of pyridine rings is 1. The van der Waals surface area contributed by atoms with E-state index >= 15 is 0 Å². The van der Waals surface area contributed by atoms with Crippen molar-refractivity contribution in [3.8, 4) is 22.8 Å². The Morgan fingerprint density at radius 3 is 2.44 bits per heavy atom. The highest BCUT2D eigenvalue weighted by atomic mass is 16.1. The summed E-state index contributed by atoms with van der Waals surface area (Å²) in [6, 6.07) is 22.7. The zero-order valence-corrected chi connectivity index (χ0v) is 17.6. The van der Waals surface area contributed by atoms with Crippen LogP contribution in [0, 0.1) is 13.8 Å². The third kappa shape index (κ3) is 3.72. The number of hydrogen-bond donors (Lipinski definition) is 1. The molecule has 5 rings (SSSR count). The van der Waals surface area contributed by atoms with Crippen molar-refractivity contribution < 1.29 is 4.79 Å². The number of anilines is 1. The Bertz CT molecular complexity index is 1420. The first-order valence-electron chi connectivity index (χ1n) is 10.2. The molecule has 0 saturated carbocycles. The molecule has 7 nitrogen and oxygen atoms in total. The monoisotopic (exact) mass is 420 g/mol. The van der Waals surface area contributed by atoms with Gasteiger partial charge in [-0.2, -0.15) is 9.61 Å². The molecule has 0 aliphatic carbocycles. The van der Waals surface area contributed by atoms with Gasteiger partial charge in [0.1, 0.15) is 5.69 Å². The molecule has 0 radical (unpaired) electrons. The summed E-state index contributed by atoms with van der Waals surface area (Å²) in [6.07, 6.45) is 1.71. The van der Waals surface area contributed by atoms with Gasteiger partial charge in [0.15, 0.2) is 5.65 Å². The van der Waals surface area contributed by atoms with Crippen LogP contribution < -0.4 is 5.32 Å². The van der Waals surface area contributed by atoms with E-state index in [0.717, 1.165) is 28.1 Å². The maximum Gasteiger partial charge on any atom is 0.255 e. The molecular weight excluding hydrogens is 400 g/mol. The summed E-state index contributed by atoms with van der Waals surface area (Å²) in [5, 5.41) is 16.1. The lowest BCUT2D eigenvalue weighted by Crippen LogP contribution is -2.12. The van der Waals surface area contributed by atoms with Gasteiger partial charge in [0.05, 0.1) is 5.69 Å². The minimum Gasteiger partial charge on any atom is -0.322 e. The van der Waals surface area contributed by atoms with Crippen LogP contribution in [0.5, 0.6) is 0 Å². The molecule has 0 saturated heterocycles. The summed E-state index contributed by atoms with van der Waals surface area (Å²) in [6.45, 7) is 4.03. The van der Waals surface area contributed by atoms with Gasteiger partial charge in [-0.1, -0.05) is 24.3 Å². The van der Waals surface area contributed by atoms with E-state index in [1.54, 1.807) is 10.7 Å². The quantitative estimate of drug-likeness (QED) is 0.455. The largest absolute Gasteiger partial charge is 0.322 e. The number of hydrogen-bond acceptors (Lipinski definition) is 5. The maximum absolute atomic E-state index is 12.6. The van der Waals surface area contributed by atoms with E-state index in [1.807, 2.05) is 86.6 Å². The smallest absolute Gasteiger partial charge is 0.255 e. The first-order chi connectivity index (χ1) is 15.6. The SMILES string of the molecule is Cc1ccc(C(=O)Nc2ccc(-c3ccc4nnc(-c5ccccn5)n4n3)cc2)cc1C. The number of aryl methyl sites for hydroxylation is 2. The number of carbonyl (C=O) groups excluding carboxylic acids is 1. The number of benzene rings is 2. The van der Waals surface area contributed by atoms with E-state index in [9.17, 15) is 4.79 Å². The van der Waals surface area contributed by atoms with Crippen molar-refractivity contribution in [2.24, 2.45) is 0 Å². The number of aromatic nitrogens is 5. The Hall–Kier alpha value is -4.39. The molecule has 0 spiro atoms. The number of nitrogens with one attached hydrogen (secondary N) is 1. The number of amides is 1. The second-order valence-corrected chi connectivity index (χ2v) is 7.56. The van der Waals surface area contributed by atoms with E-state index in [-0.39, 0.29) is 5.91 Å². The topological polar surface area (TPSA) is 85.1 Å². The average molecular weight is 420 g/mol. The second kappa shape index (κ2) is 8.03. The Labute approximate surface area is 184 Å². The van der Waals surface area contributed by atoms with Crippen LogP contribution in [0.15, 0.2) is 79.0 Å². The van der Waals surface area contributed by atoms with Crippen molar-refractivity contribution in [1.29, 1.82) is 0 Å². The van der Waals surface area contributed by atoms with Crippen LogP contribution in [0.3, 0.4) is 0 Å². The summed E-state index contributed by atoms with van der Waals surface area (Å²) in [5.41, 5.74) is 6.64. The van der Waals surface area contributed by atoms with Crippen molar-refractivity contribution in [2.45, 2.75) is 13.8 Å². The van der Waals surface area contributed by atoms with E-state index in [1.165, 1.54) is 0 Å². The summed E-state index contributed by atoms with van der Waals surface area (Å²) < 4.78 is 1.69. The highest BCUT2D eigenvalue weighted by Crippen LogP contribution is 2.22. The Balaban J connectivity index is 1.40. The molecule has 5 aromatic rings. The maximum atomic E-state index is 12.6. The predicted molar refractivity (Wildman–Crippen MR) is 123 cm³/mol. The fourth-order valence-electron chi connectivity index (χ4n) is 3.41. The number of rotatable bonds is 4. The molecular formula is C25H20N6O. The first-order valence-corrected chi connectivity index (χ1v) is 10.2. The van der Waals surface area contributed by atoms with Crippen molar-refractivity contribution in [2.75, 3.05) is 5.32 Å². The van der Waals surface area contributed by atoms with Crippen LogP contribution in [0.25, 0.3) is 28.4 Å². The summed E-state index contributed by atoms with van der Waals surface area (Å²) in [5.74, 6) is 0.449. The van der Waals surface area contributed by atoms with Crippen LogP contribution in [0.2, 0.25) is 0 Å². The van der Waals surface area contributed by atoms with Gasteiger partial charge in [-0.3, -0.25) is 9.78 Å². The van der Waals surface area contributed by atoms with E-state index in [4.69, 9.17) is 5.10 Å². The lowest BCUT2D eigenvalue weighted by molar-refractivity contribution is 0.102. The molecule has 7 heteroatoms. The summed E-state index contributed by atoms with van der Waals surface area (Å²) in [4.78, 5) is 16.9. The third-order valence-corrected chi connectivity index (χ3v) is 5.36. The third-order valence-electron chi connectivity index (χ3n) is 5.36. The fraction of sp³-hybridized carbons (Fsp3) is 0.0800. The second-order valence-electron chi connectivity index (χ2n) is 7.56. The normalized spacial score (nSPS) is 10.9. The minimum absolute atomic E-state index is 0.134. The zero-order chi connectivity index (χ0) is 22.1. The molecule has 0 aliphatic heterocycles. The van der Waals surface area contributed by atoms with Crippen LogP contribution in [0.4, 0.5) is 5.69 Å². The highest BCUT2D eigenvalue weighted by molar-refractivity contribution is 6.04. The van der Waals surface area contributed by atoms with Gasteiger partial charge >= 0.3 is 0 Å². The molecule has 0 atom stereocenters. The Morgan fingerprint density at radius 1 is 0.844 bits per heavy atom. The molecule has 0 bridgehead atoms. The molecule has 156 valence electrons. The van der Waals surface area contributed by atoms with Gasteiger partial charge < -0.3 is 5.32 Å². The summed E-state index contributed by atoms with van der Waals surface area (Å²) in [7, 11) is 0. The van der Waals surface area contributed by atoms with Crippen LogP contribution >= 0.6 is 0 Å². The first kappa shape index (κ1) is 19.6. The van der Waals surface area contributed by atoms with Crippen LogP contribution in [-0.2, 0) is 0 Å². The van der Waals surface area contributed by atoms with Gasteiger partial charge in [-0.05, 0) is 73.5 Å². The highest BCUT2D eigenvalue weighted by Gasteiger charge is 2.12. The van der Waals surface area contributed by atoms with E-state index in [2.05, 4.69) is 20.5 Å². The summed E-state index contributed by atoms with van der Waals surface area (Å²) >= 11 is 0. The Kier molecular flexibility index (Phi) is 4.91. The predicted octanol–water partition coefficient (Wildman–Crippen LogP) is 4.72. The number of carbonyl (C=O) groups is 1. The lowest BCUT2D eigenvalue weighted by atomic mass is 10.1. The standard InChI is InChI=1S/C25H20N6O/c1-16-6-7-19(15-17(16)2)25(32)27-20-10-8-18(9-11-20)21-12-13-23-28-29-24(31(23)30-21)22-5-3-4-14-26-22/h3-15H,1-2H3,(H,27,32). The molecule has 1 amide bonds. The lowest BCUT2D eigenvalue weighted by Gasteiger charge is -2.08. The van der Waals surface area contributed by atoms with Gasteiger partial charge in [-0.15, -0.1) is 10.2 Å². The van der Waals surface area contributed by atoms with Crippen molar-refractivity contribution in [1.82, 2.24) is 24.8 Å². The number of nitrogens with zero attached hydrogens (tertiary/aromatic N) is 5. The van der Waals surface area contributed by atoms with Crippen molar-refractivity contribution in [3.63, 3.8) is 0 Å². The zero-order valence-electron chi connectivity index (χ0n) is 17.6. The minimum atomic E-state index is -0.134. The molecule has 3 heterocycles. The van der Waals surface area contributed by atoms with E-state index < -0.39 is 0 Å². The van der Waals surface area contributed by atoms with Crippen molar-refractivity contribution >= 4 is 17.2 Å². The van der Waals surface area contributed by atoms with Gasteiger partial charge in [-0.25, -0.2) is 0 Å². The fourth-order valence-corrected chi connectivity index (χ4v) is 3.41. The molecule has 0 aliphatic rings. The molecule has 0 unspecified atom stereocenters. The Morgan fingerprint density at radius 2 is 1.69 bits per heavy atom. The molecule has 3 aromatic heterocycles. The van der Waals surface area contributed by atoms with Crippen LogP contribution in [-0.4, -0.2) is 30.7 Å². The molecule has 32 heavy (non-hydrogen) atoms. The van der Waals surface area contributed by atoms with E-state index in [0.29, 0.717) is 22.7 Å². The van der Waals surface area contributed by atoms with Gasteiger partial charge in [0, 0.05) is 23.0 Å². The van der Waals surface area contributed by atoms with Crippen molar-refractivity contribution in [3.05, 3.63) is 95.7 Å². The van der Waals surface area contributed by atoms with Gasteiger partial charge in [0.25, 0.3) is 5.91 Å². The number of fused-ring (bicyclic) bond motifs is 1. The molecule has 1 N–H and O–H groups in total. The van der Waals surface area contributed by atoms with Gasteiger partial charge in [0.2, 0.25) is 5.82 Å².